The number of aryl methyl sites for hydroxylation is 1. The van der Waals surface area contributed by atoms with Gasteiger partial charge in [-0.25, -0.2) is 17.9 Å². The molecule has 0 aliphatic carbocycles. The Morgan fingerprint density at radius 1 is 1.26 bits per heavy atom. The first-order valence-electron chi connectivity index (χ1n) is 7.53. The molecule has 2 amide bonds. The summed E-state index contributed by atoms with van der Waals surface area (Å²) in [6, 6.07) is 5.73. The fraction of sp³-hybridized carbons (Fsp3) is 0.533. The zero-order valence-electron chi connectivity index (χ0n) is 13.5. The van der Waals surface area contributed by atoms with Crippen LogP contribution in [0.5, 0.6) is 0 Å². The average molecular weight is 341 g/mol. The lowest BCUT2D eigenvalue weighted by Gasteiger charge is -2.28. The lowest BCUT2D eigenvalue weighted by Crippen LogP contribution is -2.45. The number of carbonyl (C=O) groups excluding carboxylic acids is 1. The van der Waals surface area contributed by atoms with E-state index in [2.05, 4.69) is 9.62 Å². The Morgan fingerprint density at radius 3 is 2.48 bits per heavy atom. The summed E-state index contributed by atoms with van der Waals surface area (Å²) in [6.07, 6.45) is 0. The quantitative estimate of drug-likeness (QED) is 0.851. The topological polar surface area (TPSA) is 79.0 Å². The van der Waals surface area contributed by atoms with Gasteiger partial charge in [0.05, 0.1) is 18.1 Å². The highest BCUT2D eigenvalue weighted by Crippen LogP contribution is 2.10. The van der Waals surface area contributed by atoms with Crippen molar-refractivity contribution >= 4 is 16.1 Å². The number of hydrogen-bond acceptors (Lipinski definition) is 5. The molecule has 0 aromatic heterocycles. The Balaban J connectivity index is 1.87. The van der Waals surface area contributed by atoms with Gasteiger partial charge in [-0.2, -0.15) is 0 Å². The van der Waals surface area contributed by atoms with Crippen LogP contribution >= 0.6 is 0 Å². The van der Waals surface area contributed by atoms with Crippen LogP contribution < -0.4 is 4.72 Å². The lowest BCUT2D eigenvalue weighted by atomic mass is 10.2. The molecule has 2 rings (SSSR count). The largest absolute Gasteiger partial charge is 0.379 e. The first kappa shape index (κ1) is 17.7. The Kier molecular flexibility index (Phi) is 5.97. The maximum Gasteiger partial charge on any atom is 0.331 e. The molecule has 128 valence electrons. The molecule has 1 heterocycles. The van der Waals surface area contributed by atoms with E-state index in [1.165, 1.54) is 17.0 Å². The zero-order chi connectivity index (χ0) is 16.9. The smallest absolute Gasteiger partial charge is 0.331 e. The van der Waals surface area contributed by atoms with Gasteiger partial charge in [-0.05, 0) is 19.1 Å². The summed E-state index contributed by atoms with van der Waals surface area (Å²) in [7, 11) is -2.26. The van der Waals surface area contributed by atoms with Crippen molar-refractivity contribution in [1.82, 2.24) is 14.5 Å². The summed E-state index contributed by atoms with van der Waals surface area (Å²) in [5.41, 5.74) is 0.956. The van der Waals surface area contributed by atoms with E-state index in [9.17, 15) is 13.2 Å². The third kappa shape index (κ3) is 5.19. The van der Waals surface area contributed by atoms with Gasteiger partial charge in [-0.1, -0.05) is 17.7 Å². The molecule has 7 nitrogen and oxygen atoms in total. The van der Waals surface area contributed by atoms with Crippen LogP contribution in [-0.2, 0) is 14.8 Å². The molecule has 1 aliphatic rings. The maximum absolute atomic E-state index is 12.2. The number of carbonyl (C=O) groups is 1. The van der Waals surface area contributed by atoms with Crippen LogP contribution in [0.15, 0.2) is 29.2 Å². The van der Waals surface area contributed by atoms with E-state index in [1.54, 1.807) is 19.2 Å². The molecule has 23 heavy (non-hydrogen) atoms. The standard InChI is InChI=1S/C15H23N3O4S/c1-13-3-5-14(6-4-13)23(20,21)16-15(19)17(2)7-8-18-9-11-22-12-10-18/h3-6H,7-12H2,1-2H3,(H,16,19). The second-order valence-corrected chi connectivity index (χ2v) is 7.28. The molecule has 0 saturated carbocycles. The molecule has 1 saturated heterocycles. The normalized spacial score (nSPS) is 16.1. The number of nitrogens with one attached hydrogen (secondary N) is 1. The van der Waals surface area contributed by atoms with Gasteiger partial charge in [-0.15, -0.1) is 0 Å². The van der Waals surface area contributed by atoms with Gasteiger partial charge in [0.1, 0.15) is 0 Å². The number of rotatable bonds is 5. The highest BCUT2D eigenvalue weighted by Gasteiger charge is 2.20. The number of ether oxygens (including phenoxy) is 1. The highest BCUT2D eigenvalue weighted by atomic mass is 32.2. The van der Waals surface area contributed by atoms with Crippen LogP contribution in [-0.4, -0.2) is 70.7 Å². The number of sulfonamides is 1. The minimum Gasteiger partial charge on any atom is -0.379 e. The highest BCUT2D eigenvalue weighted by molar-refractivity contribution is 7.90. The molecule has 1 N–H and O–H groups in total. The first-order chi connectivity index (χ1) is 10.9. The van der Waals surface area contributed by atoms with Crippen molar-refractivity contribution in [3.8, 4) is 0 Å². The number of nitrogens with zero attached hydrogens (tertiary/aromatic N) is 2. The van der Waals surface area contributed by atoms with E-state index in [0.717, 1.165) is 18.7 Å². The number of urea groups is 1. The number of likely N-dealkylation sites (N-methyl/N-ethyl adjacent to an activating group) is 1. The summed E-state index contributed by atoms with van der Waals surface area (Å²) < 4.78 is 31.7. The van der Waals surface area contributed by atoms with Crippen LogP contribution in [0.2, 0.25) is 0 Å². The van der Waals surface area contributed by atoms with E-state index in [1.807, 2.05) is 6.92 Å². The molecule has 0 spiro atoms. The monoisotopic (exact) mass is 341 g/mol. The van der Waals surface area contributed by atoms with Gasteiger partial charge in [0.2, 0.25) is 0 Å². The second kappa shape index (κ2) is 7.76. The zero-order valence-corrected chi connectivity index (χ0v) is 14.3. The summed E-state index contributed by atoms with van der Waals surface area (Å²) in [4.78, 5) is 15.7. The van der Waals surface area contributed by atoms with Crippen molar-refractivity contribution < 1.29 is 17.9 Å². The van der Waals surface area contributed by atoms with Crippen molar-refractivity contribution in [3.05, 3.63) is 29.8 Å². The molecule has 1 aromatic rings. The van der Waals surface area contributed by atoms with Gasteiger partial charge in [0.25, 0.3) is 10.0 Å². The summed E-state index contributed by atoms with van der Waals surface area (Å²) in [5, 5.41) is 0. The second-order valence-electron chi connectivity index (χ2n) is 5.60. The molecule has 1 aromatic carbocycles. The maximum atomic E-state index is 12.2. The molecule has 8 heteroatoms. The third-order valence-corrected chi connectivity index (χ3v) is 5.09. The minimum atomic E-state index is -3.84. The molecule has 0 atom stereocenters. The molecule has 0 bridgehead atoms. The fourth-order valence-electron chi connectivity index (χ4n) is 2.19. The summed E-state index contributed by atoms with van der Waals surface area (Å²) in [5.74, 6) is 0. The van der Waals surface area contributed by atoms with Crippen LogP contribution in [0.1, 0.15) is 5.56 Å². The van der Waals surface area contributed by atoms with Gasteiger partial charge < -0.3 is 9.64 Å². The van der Waals surface area contributed by atoms with Crippen LogP contribution in [0.25, 0.3) is 0 Å². The number of amides is 2. The Bertz CT molecular complexity index is 625. The van der Waals surface area contributed by atoms with Crippen molar-refractivity contribution in [3.63, 3.8) is 0 Å². The minimum absolute atomic E-state index is 0.0815. The predicted octanol–water partition coefficient (Wildman–Crippen LogP) is 0.657. The predicted molar refractivity (Wildman–Crippen MR) is 86.8 cm³/mol. The molecular weight excluding hydrogens is 318 g/mol. The molecule has 1 aliphatic heterocycles. The Morgan fingerprint density at radius 2 is 1.87 bits per heavy atom. The summed E-state index contributed by atoms with van der Waals surface area (Å²) >= 11 is 0. The van der Waals surface area contributed by atoms with E-state index in [4.69, 9.17) is 4.74 Å². The van der Waals surface area contributed by atoms with Crippen molar-refractivity contribution in [2.24, 2.45) is 0 Å². The molecule has 1 fully saturated rings. The summed E-state index contributed by atoms with van der Waals surface area (Å²) in [6.45, 7) is 6.06. The lowest BCUT2D eigenvalue weighted by molar-refractivity contribution is 0.0358. The van der Waals surface area contributed by atoms with E-state index < -0.39 is 16.1 Å². The number of benzene rings is 1. The van der Waals surface area contributed by atoms with Gasteiger partial charge >= 0.3 is 6.03 Å². The molecule has 0 unspecified atom stereocenters. The molecule has 0 radical (unpaired) electrons. The third-order valence-electron chi connectivity index (χ3n) is 3.75. The van der Waals surface area contributed by atoms with Crippen LogP contribution in [0.3, 0.4) is 0 Å². The Labute approximate surface area is 137 Å². The van der Waals surface area contributed by atoms with Crippen molar-refractivity contribution in [2.75, 3.05) is 46.4 Å². The van der Waals surface area contributed by atoms with Crippen molar-refractivity contribution in [2.45, 2.75) is 11.8 Å². The van der Waals surface area contributed by atoms with Crippen molar-refractivity contribution in [1.29, 1.82) is 0 Å². The van der Waals surface area contributed by atoms with E-state index >= 15 is 0 Å². The molecular formula is C15H23N3O4S. The van der Waals surface area contributed by atoms with Gasteiger partial charge in [0.15, 0.2) is 0 Å². The first-order valence-corrected chi connectivity index (χ1v) is 9.01. The van der Waals surface area contributed by atoms with E-state index in [0.29, 0.717) is 26.3 Å². The Hall–Kier alpha value is -1.64. The SMILES string of the molecule is Cc1ccc(S(=O)(=O)NC(=O)N(C)CCN2CCOCC2)cc1. The van der Waals surface area contributed by atoms with Crippen LogP contribution in [0.4, 0.5) is 4.79 Å². The van der Waals surface area contributed by atoms with Crippen LogP contribution in [0, 0.1) is 6.92 Å². The number of morpholine rings is 1. The van der Waals surface area contributed by atoms with Gasteiger partial charge in [-0.3, -0.25) is 4.90 Å². The van der Waals surface area contributed by atoms with Gasteiger partial charge in [0, 0.05) is 33.2 Å². The fourth-order valence-corrected chi connectivity index (χ4v) is 3.18. The van der Waals surface area contributed by atoms with E-state index in [-0.39, 0.29) is 4.90 Å². The number of hydrogen-bond donors (Lipinski definition) is 1. The average Bonchev–Trinajstić information content (AvgIpc) is 2.53.